The summed E-state index contributed by atoms with van der Waals surface area (Å²) in [6.07, 6.45) is 5.59. The Morgan fingerprint density at radius 3 is 2.67 bits per heavy atom. The van der Waals surface area contributed by atoms with E-state index in [2.05, 4.69) is 10.8 Å². The van der Waals surface area contributed by atoms with Crippen molar-refractivity contribution in [3.8, 4) is 0 Å². The molecular formula is C11H15NO2S. The van der Waals surface area contributed by atoms with Crippen molar-refractivity contribution in [2.75, 3.05) is 11.0 Å². The molecule has 4 heteroatoms. The Kier molecular flexibility index (Phi) is 2.69. The fraction of sp³-hybridized carbons (Fsp3) is 0.455. The van der Waals surface area contributed by atoms with Crippen LogP contribution in [0.5, 0.6) is 0 Å². The van der Waals surface area contributed by atoms with E-state index in [0.717, 1.165) is 24.9 Å². The molecule has 3 nitrogen and oxygen atoms in total. The summed E-state index contributed by atoms with van der Waals surface area (Å²) < 4.78 is 24.9. The molecule has 0 fully saturated rings. The fourth-order valence-electron chi connectivity index (χ4n) is 2.08. The Bertz CT molecular complexity index is 465. The lowest BCUT2D eigenvalue weighted by molar-refractivity contribution is 0.606. The first kappa shape index (κ1) is 10.5. The topological polar surface area (TPSA) is 46.2 Å². The van der Waals surface area contributed by atoms with Crippen LogP contribution in [-0.2, 0) is 22.9 Å². The van der Waals surface area contributed by atoms with Crippen LogP contribution >= 0.6 is 0 Å². The Morgan fingerprint density at radius 2 is 1.93 bits per heavy atom. The number of sulfonamides is 1. The van der Waals surface area contributed by atoms with Gasteiger partial charge in [0.15, 0.2) is 0 Å². The van der Waals surface area contributed by atoms with Gasteiger partial charge < -0.3 is 0 Å². The number of anilines is 1. The molecular weight excluding hydrogens is 210 g/mol. The standard InChI is InChI=1S/C11H15NO2S/c1-15(13,14)12-11-8-4-6-9-5-2-3-7-10(9)11/h4,6,8,12H,2-3,5,7H2,1H3. The van der Waals surface area contributed by atoms with Gasteiger partial charge in [0.1, 0.15) is 0 Å². The van der Waals surface area contributed by atoms with E-state index in [-0.39, 0.29) is 0 Å². The smallest absolute Gasteiger partial charge is 0.229 e. The van der Waals surface area contributed by atoms with Gasteiger partial charge in [0.25, 0.3) is 0 Å². The van der Waals surface area contributed by atoms with Crippen molar-refractivity contribution in [1.82, 2.24) is 0 Å². The summed E-state index contributed by atoms with van der Waals surface area (Å²) in [6, 6.07) is 5.84. The summed E-state index contributed by atoms with van der Waals surface area (Å²) in [5.74, 6) is 0. The molecule has 0 spiro atoms. The van der Waals surface area contributed by atoms with E-state index >= 15 is 0 Å². The molecule has 0 radical (unpaired) electrons. The third kappa shape index (κ3) is 2.50. The summed E-state index contributed by atoms with van der Waals surface area (Å²) in [6.45, 7) is 0. The fourth-order valence-corrected chi connectivity index (χ4v) is 2.67. The molecule has 0 bridgehead atoms. The van der Waals surface area contributed by atoms with Crippen LogP contribution < -0.4 is 4.72 Å². The molecule has 1 N–H and O–H groups in total. The largest absolute Gasteiger partial charge is 0.283 e. The van der Waals surface area contributed by atoms with E-state index in [4.69, 9.17) is 0 Å². The predicted molar refractivity (Wildman–Crippen MR) is 61.6 cm³/mol. The van der Waals surface area contributed by atoms with E-state index in [1.165, 1.54) is 23.8 Å². The molecule has 0 saturated carbocycles. The zero-order valence-corrected chi connectivity index (χ0v) is 9.60. The number of benzene rings is 1. The molecule has 1 aliphatic carbocycles. The highest BCUT2D eigenvalue weighted by Gasteiger charge is 2.14. The van der Waals surface area contributed by atoms with Gasteiger partial charge in [0.05, 0.1) is 11.9 Å². The SMILES string of the molecule is CS(=O)(=O)Nc1cccc2c1CCCC2. The van der Waals surface area contributed by atoms with Crippen molar-refractivity contribution in [1.29, 1.82) is 0 Å². The second-order valence-electron chi connectivity index (χ2n) is 4.02. The maximum absolute atomic E-state index is 11.2. The molecule has 0 heterocycles. The predicted octanol–water partition coefficient (Wildman–Crippen LogP) is 1.94. The van der Waals surface area contributed by atoms with E-state index in [1.54, 1.807) is 0 Å². The molecule has 0 amide bonds. The molecule has 1 aromatic rings. The van der Waals surface area contributed by atoms with Crippen LogP contribution in [0, 0.1) is 0 Å². The highest BCUT2D eigenvalue weighted by Crippen LogP contribution is 2.28. The summed E-state index contributed by atoms with van der Waals surface area (Å²) in [4.78, 5) is 0. The zero-order chi connectivity index (χ0) is 10.9. The summed E-state index contributed by atoms with van der Waals surface area (Å²) >= 11 is 0. The Hall–Kier alpha value is -1.03. The number of aryl methyl sites for hydroxylation is 1. The minimum absolute atomic E-state index is 0.759. The molecule has 1 aliphatic rings. The van der Waals surface area contributed by atoms with Crippen molar-refractivity contribution in [2.45, 2.75) is 25.7 Å². The second kappa shape index (κ2) is 3.85. The van der Waals surface area contributed by atoms with Crippen LogP contribution in [0.1, 0.15) is 24.0 Å². The molecule has 0 aromatic heterocycles. The molecule has 0 saturated heterocycles. The number of hydrogen-bond acceptors (Lipinski definition) is 2. The highest BCUT2D eigenvalue weighted by molar-refractivity contribution is 7.92. The monoisotopic (exact) mass is 225 g/mol. The lowest BCUT2D eigenvalue weighted by Gasteiger charge is -2.19. The highest BCUT2D eigenvalue weighted by atomic mass is 32.2. The van der Waals surface area contributed by atoms with Crippen molar-refractivity contribution in [3.63, 3.8) is 0 Å². The number of nitrogens with one attached hydrogen (secondary N) is 1. The van der Waals surface area contributed by atoms with Crippen LogP contribution in [0.4, 0.5) is 5.69 Å². The minimum Gasteiger partial charge on any atom is -0.283 e. The Morgan fingerprint density at radius 1 is 1.20 bits per heavy atom. The first-order valence-corrected chi connectivity index (χ1v) is 7.04. The lowest BCUT2D eigenvalue weighted by atomic mass is 9.91. The van der Waals surface area contributed by atoms with Gasteiger partial charge in [-0.15, -0.1) is 0 Å². The normalized spacial score (nSPS) is 15.8. The molecule has 0 atom stereocenters. The van der Waals surface area contributed by atoms with Crippen molar-refractivity contribution in [3.05, 3.63) is 29.3 Å². The number of rotatable bonds is 2. The van der Waals surface area contributed by atoms with Gasteiger partial charge in [-0.05, 0) is 42.9 Å². The average molecular weight is 225 g/mol. The molecule has 0 unspecified atom stereocenters. The van der Waals surface area contributed by atoms with Crippen LogP contribution in [0.2, 0.25) is 0 Å². The molecule has 2 rings (SSSR count). The van der Waals surface area contributed by atoms with Gasteiger partial charge in [0, 0.05) is 0 Å². The summed E-state index contributed by atoms with van der Waals surface area (Å²) in [5.41, 5.74) is 3.22. The van der Waals surface area contributed by atoms with Crippen LogP contribution in [0.15, 0.2) is 18.2 Å². The first-order valence-electron chi connectivity index (χ1n) is 5.15. The molecule has 0 aliphatic heterocycles. The van der Waals surface area contributed by atoms with E-state index in [0.29, 0.717) is 0 Å². The van der Waals surface area contributed by atoms with E-state index in [9.17, 15) is 8.42 Å². The average Bonchev–Trinajstić information content (AvgIpc) is 2.16. The van der Waals surface area contributed by atoms with Gasteiger partial charge in [-0.1, -0.05) is 12.1 Å². The first-order chi connectivity index (χ1) is 7.06. The lowest BCUT2D eigenvalue weighted by Crippen LogP contribution is -2.13. The van der Waals surface area contributed by atoms with Crippen LogP contribution in [0.25, 0.3) is 0 Å². The van der Waals surface area contributed by atoms with Crippen molar-refractivity contribution < 1.29 is 8.42 Å². The molecule has 15 heavy (non-hydrogen) atoms. The van der Waals surface area contributed by atoms with Crippen molar-refractivity contribution in [2.24, 2.45) is 0 Å². The molecule has 82 valence electrons. The minimum atomic E-state index is -3.16. The Balaban J connectivity index is 2.39. The Labute approximate surface area is 90.6 Å². The van der Waals surface area contributed by atoms with Crippen molar-refractivity contribution >= 4 is 15.7 Å². The van der Waals surface area contributed by atoms with Gasteiger partial charge >= 0.3 is 0 Å². The number of fused-ring (bicyclic) bond motifs is 1. The quantitative estimate of drug-likeness (QED) is 0.836. The second-order valence-corrected chi connectivity index (χ2v) is 5.77. The third-order valence-electron chi connectivity index (χ3n) is 2.69. The summed E-state index contributed by atoms with van der Waals surface area (Å²) in [5, 5.41) is 0. The summed E-state index contributed by atoms with van der Waals surface area (Å²) in [7, 11) is -3.16. The maximum atomic E-state index is 11.2. The van der Waals surface area contributed by atoms with E-state index < -0.39 is 10.0 Å². The van der Waals surface area contributed by atoms with Gasteiger partial charge in [-0.3, -0.25) is 4.72 Å². The molecule has 1 aromatic carbocycles. The van der Waals surface area contributed by atoms with E-state index in [1.807, 2.05) is 12.1 Å². The van der Waals surface area contributed by atoms with Gasteiger partial charge in [-0.25, -0.2) is 8.42 Å². The third-order valence-corrected chi connectivity index (χ3v) is 3.28. The van der Waals surface area contributed by atoms with Gasteiger partial charge in [-0.2, -0.15) is 0 Å². The zero-order valence-electron chi connectivity index (χ0n) is 8.79. The van der Waals surface area contributed by atoms with Gasteiger partial charge in [0.2, 0.25) is 10.0 Å². The number of hydrogen-bond donors (Lipinski definition) is 1. The van der Waals surface area contributed by atoms with Crippen LogP contribution in [-0.4, -0.2) is 14.7 Å². The maximum Gasteiger partial charge on any atom is 0.229 e. The van der Waals surface area contributed by atoms with Crippen LogP contribution in [0.3, 0.4) is 0 Å².